The third kappa shape index (κ3) is 5.45. The molecule has 0 radical (unpaired) electrons. The lowest BCUT2D eigenvalue weighted by Crippen LogP contribution is -2.54. The lowest BCUT2D eigenvalue weighted by Gasteiger charge is -2.46. The third-order valence-corrected chi connectivity index (χ3v) is 10.1. The summed E-state index contributed by atoms with van der Waals surface area (Å²) < 4.78 is 13.8. The summed E-state index contributed by atoms with van der Waals surface area (Å²) in [5.74, 6) is 1.00. The quantitative estimate of drug-likeness (QED) is 0.355. The van der Waals surface area contributed by atoms with Crippen LogP contribution in [0.3, 0.4) is 0 Å². The number of pyridine rings is 1. The molecule has 228 valence electrons. The number of piperazine rings is 1. The van der Waals surface area contributed by atoms with Crippen molar-refractivity contribution in [2.75, 3.05) is 70.5 Å². The zero-order valence-corrected chi connectivity index (χ0v) is 25.2. The van der Waals surface area contributed by atoms with Gasteiger partial charge in [0.2, 0.25) is 5.91 Å². The summed E-state index contributed by atoms with van der Waals surface area (Å²) >= 11 is 0. The van der Waals surface area contributed by atoms with Gasteiger partial charge in [-0.05, 0) is 63.4 Å². The molecule has 0 aromatic carbocycles. The van der Waals surface area contributed by atoms with E-state index in [1.165, 1.54) is 0 Å². The van der Waals surface area contributed by atoms with Gasteiger partial charge in [0, 0.05) is 88.1 Å². The van der Waals surface area contributed by atoms with Gasteiger partial charge in [-0.1, -0.05) is 6.07 Å². The summed E-state index contributed by atoms with van der Waals surface area (Å²) in [5, 5.41) is 4.60. The molecule has 3 aromatic heterocycles. The van der Waals surface area contributed by atoms with Crippen LogP contribution in [0.1, 0.15) is 38.2 Å². The molecule has 1 amide bonds. The minimum absolute atomic E-state index is 0.164. The van der Waals surface area contributed by atoms with E-state index in [-0.39, 0.29) is 11.5 Å². The minimum Gasteiger partial charge on any atom is -0.378 e. The predicted molar refractivity (Wildman–Crippen MR) is 167 cm³/mol. The molecule has 43 heavy (non-hydrogen) atoms. The lowest BCUT2D eigenvalue weighted by atomic mass is 9.74. The van der Waals surface area contributed by atoms with Crippen LogP contribution in [-0.4, -0.2) is 109 Å². The second-order valence-corrected chi connectivity index (χ2v) is 12.6. The van der Waals surface area contributed by atoms with Gasteiger partial charge < -0.3 is 24.3 Å². The van der Waals surface area contributed by atoms with Crippen LogP contribution in [0.15, 0.2) is 47.8 Å². The van der Waals surface area contributed by atoms with Gasteiger partial charge in [-0.15, -0.1) is 0 Å². The maximum Gasteiger partial charge on any atom is 0.225 e. The number of fused-ring (bicyclic) bond motifs is 1. The molecular weight excluding hydrogens is 542 g/mol. The van der Waals surface area contributed by atoms with Gasteiger partial charge >= 0.3 is 0 Å². The van der Waals surface area contributed by atoms with E-state index in [1.54, 1.807) is 0 Å². The fourth-order valence-corrected chi connectivity index (χ4v) is 7.41. The van der Waals surface area contributed by atoms with Crippen LogP contribution in [0.4, 0.5) is 5.69 Å². The molecule has 3 aliphatic heterocycles. The van der Waals surface area contributed by atoms with Crippen molar-refractivity contribution in [3.63, 3.8) is 0 Å². The Balaban J connectivity index is 1.03. The minimum atomic E-state index is -0.283. The first-order valence-electron chi connectivity index (χ1n) is 15.9. The normalized spacial score (nSPS) is 24.5. The first-order valence-corrected chi connectivity index (χ1v) is 15.9. The van der Waals surface area contributed by atoms with Gasteiger partial charge in [-0.25, -0.2) is 4.52 Å². The summed E-state index contributed by atoms with van der Waals surface area (Å²) in [6.07, 6.45) is 9.76. The summed E-state index contributed by atoms with van der Waals surface area (Å²) in [6.45, 7) is 14.0. The zero-order valence-electron chi connectivity index (χ0n) is 25.2. The van der Waals surface area contributed by atoms with Gasteiger partial charge in [0.15, 0.2) is 0 Å². The Morgan fingerprint density at radius 3 is 2.56 bits per heavy atom. The standard InChI is InChI=1S/C33H43N7O3/c1-3-43-33(7-10-37(11-8-33)28-22-42-23-28)27-4-5-29(35-20-27)26-18-31-30(6-9-36-40(31)21-26)38-12-14-39(15-13-38)32(41)25-16-24(17-25)19-34-2/h4-6,9,18,20-21,24-25,28H,2-3,7-8,10-17,19,22-23H2,1H3/t24-,25-. The Hall–Kier alpha value is -3.34. The monoisotopic (exact) mass is 585 g/mol. The highest BCUT2D eigenvalue weighted by atomic mass is 16.5. The molecular formula is C33H43N7O3. The third-order valence-electron chi connectivity index (χ3n) is 10.1. The number of hydrogen-bond donors (Lipinski definition) is 0. The molecule has 0 unspecified atom stereocenters. The van der Waals surface area contributed by atoms with E-state index in [0.29, 0.717) is 24.5 Å². The van der Waals surface area contributed by atoms with Gasteiger partial charge in [-0.3, -0.25) is 14.7 Å². The number of piperidine rings is 1. The van der Waals surface area contributed by atoms with Crippen molar-refractivity contribution >= 4 is 23.8 Å². The van der Waals surface area contributed by atoms with Gasteiger partial charge in [0.1, 0.15) is 0 Å². The number of anilines is 1. The summed E-state index contributed by atoms with van der Waals surface area (Å²) in [6, 6.07) is 9.15. The lowest BCUT2D eigenvalue weighted by molar-refractivity contribution is -0.140. The highest BCUT2D eigenvalue weighted by Gasteiger charge is 2.40. The molecule has 0 N–H and O–H groups in total. The molecule has 0 bridgehead atoms. The molecule has 4 aliphatic rings. The molecule has 10 heteroatoms. The van der Waals surface area contributed by atoms with E-state index < -0.39 is 0 Å². The fraction of sp³-hybridized carbons (Fsp3) is 0.576. The van der Waals surface area contributed by atoms with Crippen molar-refractivity contribution in [1.29, 1.82) is 0 Å². The summed E-state index contributed by atoms with van der Waals surface area (Å²) in [7, 11) is 0. The van der Waals surface area contributed by atoms with Crippen LogP contribution in [-0.2, 0) is 19.9 Å². The second-order valence-electron chi connectivity index (χ2n) is 12.6. The molecule has 1 aliphatic carbocycles. The van der Waals surface area contributed by atoms with Crippen molar-refractivity contribution < 1.29 is 14.3 Å². The molecule has 0 spiro atoms. The number of aliphatic imine (C=N–C) groups is 1. The van der Waals surface area contributed by atoms with Gasteiger partial charge in [0.25, 0.3) is 0 Å². The molecule has 3 saturated heterocycles. The van der Waals surface area contributed by atoms with E-state index in [4.69, 9.17) is 14.5 Å². The molecule has 6 heterocycles. The maximum absolute atomic E-state index is 13.0. The number of nitrogens with zero attached hydrogens (tertiary/aromatic N) is 7. The number of amides is 1. The van der Waals surface area contributed by atoms with Crippen molar-refractivity contribution in [3.8, 4) is 11.3 Å². The number of likely N-dealkylation sites (tertiary alicyclic amines) is 1. The first-order chi connectivity index (χ1) is 21.1. The Kier molecular flexibility index (Phi) is 7.92. The van der Waals surface area contributed by atoms with E-state index >= 15 is 0 Å². The highest BCUT2D eigenvalue weighted by Crippen LogP contribution is 2.39. The van der Waals surface area contributed by atoms with E-state index in [1.807, 2.05) is 21.8 Å². The fourth-order valence-electron chi connectivity index (χ4n) is 7.41. The molecule has 7 rings (SSSR count). The van der Waals surface area contributed by atoms with Crippen LogP contribution in [0, 0.1) is 11.8 Å². The first kappa shape index (κ1) is 28.4. The van der Waals surface area contributed by atoms with Crippen LogP contribution < -0.4 is 4.90 Å². The van der Waals surface area contributed by atoms with E-state index in [2.05, 4.69) is 64.0 Å². The zero-order chi connectivity index (χ0) is 29.4. The predicted octanol–water partition coefficient (Wildman–Crippen LogP) is 3.50. The largest absolute Gasteiger partial charge is 0.378 e. The number of ether oxygens (including phenoxy) is 2. The van der Waals surface area contributed by atoms with Gasteiger partial charge in [-0.2, -0.15) is 5.10 Å². The van der Waals surface area contributed by atoms with Crippen LogP contribution in [0.2, 0.25) is 0 Å². The van der Waals surface area contributed by atoms with Gasteiger partial charge in [0.05, 0.1) is 41.8 Å². The topological polar surface area (TPSA) is 87.8 Å². The molecule has 10 nitrogen and oxygen atoms in total. The SMILES string of the molecule is C=NC[C@H]1C[C@H](C(=O)N2CCN(c3ccnn4cc(-c5ccc(C6(OCC)CCN(C7COC7)CC6)cn5)cc34)CC2)C1. The van der Waals surface area contributed by atoms with Crippen LogP contribution >= 0.6 is 0 Å². The number of carbonyl (C=O) groups is 1. The van der Waals surface area contributed by atoms with Crippen LogP contribution in [0.25, 0.3) is 16.8 Å². The van der Waals surface area contributed by atoms with Crippen molar-refractivity contribution in [1.82, 2.24) is 24.4 Å². The maximum atomic E-state index is 13.0. The van der Waals surface area contributed by atoms with Crippen molar-refractivity contribution in [3.05, 3.63) is 48.4 Å². The van der Waals surface area contributed by atoms with E-state index in [0.717, 1.165) is 113 Å². The molecule has 1 saturated carbocycles. The Labute approximate surface area is 253 Å². The molecule has 4 fully saturated rings. The summed E-state index contributed by atoms with van der Waals surface area (Å²) in [4.78, 5) is 28.9. The van der Waals surface area contributed by atoms with Crippen molar-refractivity contribution in [2.24, 2.45) is 16.8 Å². The number of hydrogen-bond acceptors (Lipinski definition) is 8. The van der Waals surface area contributed by atoms with E-state index in [9.17, 15) is 4.79 Å². The smallest absolute Gasteiger partial charge is 0.225 e. The number of aromatic nitrogens is 3. The Morgan fingerprint density at radius 2 is 1.91 bits per heavy atom. The average molecular weight is 586 g/mol. The number of rotatable bonds is 9. The van der Waals surface area contributed by atoms with Crippen LogP contribution in [0.5, 0.6) is 0 Å². The summed E-state index contributed by atoms with van der Waals surface area (Å²) in [5.41, 5.74) is 5.04. The highest BCUT2D eigenvalue weighted by molar-refractivity contribution is 5.81. The average Bonchev–Trinajstić information content (AvgIpc) is 3.44. The Bertz CT molecular complexity index is 1430. The van der Waals surface area contributed by atoms with Crippen molar-refractivity contribution in [2.45, 2.75) is 44.2 Å². The Morgan fingerprint density at radius 1 is 1.12 bits per heavy atom. The molecule has 3 aromatic rings. The number of carbonyl (C=O) groups excluding carboxylic acids is 1. The second kappa shape index (κ2) is 12.0. The molecule has 0 atom stereocenters.